The number of morpholine rings is 1. The summed E-state index contributed by atoms with van der Waals surface area (Å²) >= 11 is 0. The third kappa shape index (κ3) is 2.24. The fourth-order valence-electron chi connectivity index (χ4n) is 1.64. The smallest absolute Gasteiger partial charge is 0.225 e. The van der Waals surface area contributed by atoms with E-state index in [9.17, 15) is 5.11 Å². The standard InChI is InChI=1S/C10H15N3O2/c1-8-2-3-11-10(12-8)13-4-5-15-7-9(13)6-14/h2-3,9,14H,4-7H2,1H3. The van der Waals surface area contributed by atoms with Gasteiger partial charge in [0.1, 0.15) is 0 Å². The number of ether oxygens (including phenoxy) is 1. The van der Waals surface area contributed by atoms with Crippen molar-refractivity contribution in [3.8, 4) is 0 Å². The lowest BCUT2D eigenvalue weighted by Crippen LogP contribution is -2.48. The molecule has 1 unspecified atom stereocenters. The van der Waals surface area contributed by atoms with Crippen LogP contribution in [-0.4, -0.2) is 47.5 Å². The third-order valence-electron chi connectivity index (χ3n) is 2.48. The van der Waals surface area contributed by atoms with Crippen molar-refractivity contribution in [2.45, 2.75) is 13.0 Å². The monoisotopic (exact) mass is 209 g/mol. The van der Waals surface area contributed by atoms with E-state index in [1.165, 1.54) is 0 Å². The Labute approximate surface area is 88.7 Å². The van der Waals surface area contributed by atoms with E-state index in [-0.39, 0.29) is 12.6 Å². The van der Waals surface area contributed by atoms with Crippen molar-refractivity contribution < 1.29 is 9.84 Å². The van der Waals surface area contributed by atoms with Crippen LogP contribution in [0.1, 0.15) is 5.69 Å². The van der Waals surface area contributed by atoms with Crippen LogP contribution in [0.15, 0.2) is 12.3 Å². The van der Waals surface area contributed by atoms with Crippen LogP contribution in [-0.2, 0) is 4.74 Å². The molecule has 0 radical (unpaired) electrons. The minimum atomic E-state index is -0.0273. The molecule has 0 bridgehead atoms. The van der Waals surface area contributed by atoms with Crippen LogP contribution in [0.25, 0.3) is 0 Å². The summed E-state index contributed by atoms with van der Waals surface area (Å²) in [6.45, 7) is 3.92. The molecule has 5 nitrogen and oxygen atoms in total. The molecule has 0 aliphatic carbocycles. The molecule has 1 aliphatic heterocycles. The molecule has 2 heterocycles. The van der Waals surface area contributed by atoms with Crippen molar-refractivity contribution >= 4 is 5.95 Å². The maximum atomic E-state index is 9.21. The predicted molar refractivity (Wildman–Crippen MR) is 55.8 cm³/mol. The Kier molecular flexibility index (Phi) is 3.13. The molecule has 1 aliphatic rings. The van der Waals surface area contributed by atoms with E-state index < -0.39 is 0 Å². The summed E-state index contributed by atoms with van der Waals surface area (Å²) in [4.78, 5) is 10.5. The van der Waals surface area contributed by atoms with Gasteiger partial charge in [0.25, 0.3) is 0 Å². The molecule has 1 aromatic heterocycles. The summed E-state index contributed by atoms with van der Waals surface area (Å²) in [5.74, 6) is 0.678. The Morgan fingerprint density at radius 2 is 2.53 bits per heavy atom. The van der Waals surface area contributed by atoms with Crippen molar-refractivity contribution in [1.82, 2.24) is 9.97 Å². The highest BCUT2D eigenvalue weighted by molar-refractivity contribution is 5.32. The maximum Gasteiger partial charge on any atom is 0.225 e. The number of aliphatic hydroxyl groups excluding tert-OH is 1. The molecule has 0 saturated carbocycles. The maximum absolute atomic E-state index is 9.21. The fourth-order valence-corrected chi connectivity index (χ4v) is 1.64. The highest BCUT2D eigenvalue weighted by Gasteiger charge is 2.24. The minimum Gasteiger partial charge on any atom is -0.394 e. The van der Waals surface area contributed by atoms with Crippen molar-refractivity contribution in [3.05, 3.63) is 18.0 Å². The summed E-state index contributed by atoms with van der Waals surface area (Å²) < 4.78 is 5.30. The Morgan fingerprint density at radius 3 is 3.27 bits per heavy atom. The number of nitrogens with zero attached hydrogens (tertiary/aromatic N) is 3. The predicted octanol–water partition coefficient (Wildman–Crippen LogP) is -0.0175. The van der Waals surface area contributed by atoms with E-state index in [1.54, 1.807) is 6.20 Å². The van der Waals surface area contributed by atoms with Gasteiger partial charge in [-0.25, -0.2) is 9.97 Å². The molecule has 5 heteroatoms. The van der Waals surface area contributed by atoms with Gasteiger partial charge in [-0.2, -0.15) is 0 Å². The number of anilines is 1. The SMILES string of the molecule is Cc1ccnc(N2CCOCC2CO)n1. The van der Waals surface area contributed by atoms with E-state index >= 15 is 0 Å². The van der Waals surface area contributed by atoms with Gasteiger partial charge in [-0.05, 0) is 13.0 Å². The zero-order chi connectivity index (χ0) is 10.7. The van der Waals surface area contributed by atoms with Crippen LogP contribution in [0.4, 0.5) is 5.95 Å². The van der Waals surface area contributed by atoms with Crippen LogP contribution in [0.2, 0.25) is 0 Å². The average Bonchev–Trinajstić information content (AvgIpc) is 2.29. The highest BCUT2D eigenvalue weighted by atomic mass is 16.5. The zero-order valence-corrected chi connectivity index (χ0v) is 8.76. The first-order valence-electron chi connectivity index (χ1n) is 5.06. The van der Waals surface area contributed by atoms with E-state index in [4.69, 9.17) is 4.74 Å². The first kappa shape index (κ1) is 10.3. The van der Waals surface area contributed by atoms with E-state index in [1.807, 2.05) is 17.9 Å². The minimum absolute atomic E-state index is 0.0273. The molecular weight excluding hydrogens is 194 g/mol. The van der Waals surface area contributed by atoms with Crippen molar-refractivity contribution in [2.75, 3.05) is 31.3 Å². The second kappa shape index (κ2) is 4.55. The van der Waals surface area contributed by atoms with Gasteiger partial charge in [-0.3, -0.25) is 0 Å². The van der Waals surface area contributed by atoms with E-state index in [0.29, 0.717) is 19.2 Å². The topological polar surface area (TPSA) is 58.5 Å². The van der Waals surface area contributed by atoms with Gasteiger partial charge in [-0.1, -0.05) is 0 Å². The number of hydrogen-bond acceptors (Lipinski definition) is 5. The van der Waals surface area contributed by atoms with Gasteiger partial charge in [0, 0.05) is 18.4 Å². The quantitative estimate of drug-likeness (QED) is 0.742. The van der Waals surface area contributed by atoms with Crippen LogP contribution in [0, 0.1) is 6.92 Å². The number of aliphatic hydroxyl groups is 1. The van der Waals surface area contributed by atoms with Crippen LogP contribution >= 0.6 is 0 Å². The highest BCUT2D eigenvalue weighted by Crippen LogP contribution is 2.14. The lowest BCUT2D eigenvalue weighted by molar-refractivity contribution is 0.0718. The molecule has 0 spiro atoms. The van der Waals surface area contributed by atoms with E-state index in [0.717, 1.165) is 12.2 Å². The molecule has 1 atom stereocenters. The molecule has 0 aromatic carbocycles. The zero-order valence-electron chi connectivity index (χ0n) is 8.76. The molecule has 1 aromatic rings. The number of aryl methyl sites for hydroxylation is 1. The Bertz CT molecular complexity index is 332. The lowest BCUT2D eigenvalue weighted by Gasteiger charge is -2.34. The van der Waals surface area contributed by atoms with Gasteiger partial charge in [-0.15, -0.1) is 0 Å². The summed E-state index contributed by atoms with van der Waals surface area (Å²) in [5.41, 5.74) is 0.934. The number of hydrogen-bond donors (Lipinski definition) is 1. The largest absolute Gasteiger partial charge is 0.394 e. The molecule has 82 valence electrons. The number of rotatable bonds is 2. The number of aromatic nitrogens is 2. The second-order valence-corrected chi connectivity index (χ2v) is 3.60. The molecule has 15 heavy (non-hydrogen) atoms. The molecule has 1 saturated heterocycles. The van der Waals surface area contributed by atoms with E-state index in [2.05, 4.69) is 9.97 Å². The molecule has 2 rings (SSSR count). The summed E-state index contributed by atoms with van der Waals surface area (Å²) in [7, 11) is 0. The van der Waals surface area contributed by atoms with Crippen LogP contribution in [0.5, 0.6) is 0 Å². The molecular formula is C10H15N3O2. The Hall–Kier alpha value is -1.20. The first-order chi connectivity index (χ1) is 7.31. The van der Waals surface area contributed by atoms with Gasteiger partial charge >= 0.3 is 0 Å². The molecule has 1 N–H and O–H groups in total. The summed E-state index contributed by atoms with van der Waals surface area (Å²) in [6.07, 6.45) is 1.74. The third-order valence-corrected chi connectivity index (χ3v) is 2.48. The lowest BCUT2D eigenvalue weighted by atomic mass is 10.2. The van der Waals surface area contributed by atoms with Gasteiger partial charge in [0.15, 0.2) is 0 Å². The summed E-state index contributed by atoms with van der Waals surface area (Å²) in [6, 6.07) is 1.83. The van der Waals surface area contributed by atoms with Crippen LogP contribution in [0.3, 0.4) is 0 Å². The normalized spacial score (nSPS) is 21.7. The van der Waals surface area contributed by atoms with Crippen molar-refractivity contribution in [1.29, 1.82) is 0 Å². The second-order valence-electron chi connectivity index (χ2n) is 3.60. The van der Waals surface area contributed by atoms with Gasteiger partial charge in [0.2, 0.25) is 5.95 Å². The summed E-state index contributed by atoms with van der Waals surface area (Å²) in [5, 5.41) is 9.21. The van der Waals surface area contributed by atoms with Crippen molar-refractivity contribution in [2.24, 2.45) is 0 Å². The van der Waals surface area contributed by atoms with Gasteiger partial charge in [0.05, 0.1) is 25.9 Å². The fraction of sp³-hybridized carbons (Fsp3) is 0.600. The first-order valence-corrected chi connectivity index (χ1v) is 5.06. The van der Waals surface area contributed by atoms with Gasteiger partial charge < -0.3 is 14.7 Å². The molecule has 0 amide bonds. The molecule has 1 fully saturated rings. The van der Waals surface area contributed by atoms with Crippen LogP contribution < -0.4 is 4.90 Å². The Morgan fingerprint density at radius 1 is 1.67 bits per heavy atom. The Balaban J connectivity index is 2.20. The van der Waals surface area contributed by atoms with Crippen molar-refractivity contribution in [3.63, 3.8) is 0 Å². The average molecular weight is 209 g/mol.